The van der Waals surface area contributed by atoms with Crippen LogP contribution in [-0.4, -0.2) is 170 Å². The number of piperidine rings is 1. The van der Waals surface area contributed by atoms with Crippen LogP contribution in [0, 0.1) is 0 Å². The number of benzene rings is 2. The number of anilines is 2. The van der Waals surface area contributed by atoms with E-state index in [-0.39, 0.29) is 35.8 Å². The average molecular weight is 1190 g/mol. The van der Waals surface area contributed by atoms with Gasteiger partial charge in [-0.05, 0) is 125 Å². The number of aliphatic hydroxyl groups excluding tert-OH is 1. The molecular formula is C58H84BrClN12O8. The minimum atomic E-state index is -0.623. The van der Waals surface area contributed by atoms with Crippen molar-refractivity contribution in [2.24, 2.45) is 5.73 Å². The molecule has 0 spiro atoms. The third-order valence-electron chi connectivity index (χ3n) is 13.8. The lowest BCUT2D eigenvalue weighted by Gasteiger charge is -2.37. The van der Waals surface area contributed by atoms with Crippen LogP contribution in [-0.2, 0) is 6.61 Å². The summed E-state index contributed by atoms with van der Waals surface area (Å²) >= 11 is 3.21. The summed E-state index contributed by atoms with van der Waals surface area (Å²) in [7, 11) is 7.68. The number of H-pyrrole nitrogens is 1. The molecule has 0 saturated carbocycles. The monoisotopic (exact) mass is 1190 g/mol. The molecule has 0 aliphatic carbocycles. The molecule has 0 bridgehead atoms. The summed E-state index contributed by atoms with van der Waals surface area (Å²) in [5, 5.41) is 13.2. The first-order valence-corrected chi connectivity index (χ1v) is 27.6. The predicted molar refractivity (Wildman–Crippen MR) is 324 cm³/mol. The molecule has 0 unspecified atom stereocenters. The average Bonchev–Trinajstić information content (AvgIpc) is 3.47. The van der Waals surface area contributed by atoms with Crippen LogP contribution in [0.5, 0.6) is 29.0 Å². The molecule has 9 rings (SSSR count). The van der Waals surface area contributed by atoms with Gasteiger partial charge in [-0.25, -0.2) is 15.0 Å². The molecule has 0 radical (unpaired) electrons. The third-order valence-corrected chi connectivity index (χ3v) is 14.2. The summed E-state index contributed by atoms with van der Waals surface area (Å²) in [6.07, 6.45) is 2.15. The van der Waals surface area contributed by atoms with E-state index in [0.717, 1.165) is 87.4 Å². The van der Waals surface area contributed by atoms with Crippen LogP contribution < -0.4 is 50.9 Å². The van der Waals surface area contributed by atoms with Crippen molar-refractivity contribution in [3.8, 4) is 40.5 Å². The molecule has 7 N–H and O–H groups in total. The fourth-order valence-electron chi connectivity index (χ4n) is 9.20. The van der Waals surface area contributed by atoms with Gasteiger partial charge in [-0.1, -0.05) is 18.2 Å². The van der Waals surface area contributed by atoms with Gasteiger partial charge in [0.2, 0.25) is 11.8 Å². The Morgan fingerprint density at radius 2 is 1.26 bits per heavy atom. The minimum Gasteiger partial charge on any atom is -0.497 e. The van der Waals surface area contributed by atoms with E-state index in [4.69, 9.17) is 40.1 Å². The number of piperazine rings is 2. The van der Waals surface area contributed by atoms with E-state index >= 15 is 0 Å². The van der Waals surface area contributed by atoms with E-state index in [1.165, 1.54) is 40.5 Å². The zero-order valence-corrected chi connectivity index (χ0v) is 50.7. The largest absolute Gasteiger partial charge is 0.497 e. The van der Waals surface area contributed by atoms with Crippen LogP contribution in [0.3, 0.4) is 0 Å². The van der Waals surface area contributed by atoms with Gasteiger partial charge in [-0.15, -0.1) is 12.4 Å². The highest BCUT2D eigenvalue weighted by atomic mass is 79.9. The van der Waals surface area contributed by atoms with Gasteiger partial charge in [0.25, 0.3) is 11.5 Å². The van der Waals surface area contributed by atoms with Crippen molar-refractivity contribution in [3.05, 3.63) is 111 Å². The number of hydrogen-bond donors (Lipinski definition) is 5. The summed E-state index contributed by atoms with van der Waals surface area (Å²) in [5.41, 5.74) is 13.7. The van der Waals surface area contributed by atoms with Gasteiger partial charge in [0, 0.05) is 106 Å². The molecule has 4 aromatic heterocycles. The van der Waals surface area contributed by atoms with E-state index in [9.17, 15) is 14.7 Å². The smallest absolute Gasteiger partial charge is 0.262 e. The number of nitrogens with one attached hydrogen (secondary N) is 2. The highest BCUT2D eigenvalue weighted by Gasteiger charge is 2.24. The van der Waals surface area contributed by atoms with Gasteiger partial charge < -0.3 is 60.4 Å². The Labute approximate surface area is 486 Å². The number of hydrogen-bond acceptors (Lipinski definition) is 18. The molecule has 6 aromatic rings. The predicted octanol–water partition coefficient (Wildman–Crippen LogP) is 7.65. The highest BCUT2D eigenvalue weighted by Crippen LogP contribution is 2.31. The fraction of sp³-hybridized carbons (Fsp3) is 0.483. The number of pyridine rings is 3. The quantitative estimate of drug-likeness (QED) is 0.0550. The lowest BCUT2D eigenvalue weighted by molar-refractivity contribution is 0.0998. The number of carbonyl (C=O) groups excluding carboxylic acids is 1. The van der Waals surface area contributed by atoms with Crippen LogP contribution in [0.2, 0.25) is 0 Å². The minimum absolute atomic E-state index is 0. The molecule has 3 aliphatic heterocycles. The molecule has 20 nitrogen and oxygen atoms in total. The van der Waals surface area contributed by atoms with E-state index in [1.807, 2.05) is 42.5 Å². The number of likely N-dealkylation sites (tertiary alicyclic amines) is 1. The molecule has 0 atom stereocenters. The topological polar surface area (TPSA) is 245 Å². The number of primary amides is 1. The number of methoxy groups -OCH3 is 5. The molecule has 438 valence electrons. The number of nitrogens with zero attached hydrogens (tertiary/aromatic N) is 8. The van der Waals surface area contributed by atoms with Crippen molar-refractivity contribution in [1.29, 1.82) is 0 Å². The number of fused-ring (bicyclic) bond motifs is 1. The first-order valence-electron chi connectivity index (χ1n) is 26.8. The Balaban J connectivity index is 0.000000234. The normalized spacial score (nSPS) is 14.9. The number of carbonyl (C=O) groups is 1. The first kappa shape index (κ1) is 66.2. The Morgan fingerprint density at radius 3 is 1.79 bits per heavy atom. The van der Waals surface area contributed by atoms with Gasteiger partial charge in [0.1, 0.15) is 44.3 Å². The van der Waals surface area contributed by atoms with Crippen molar-refractivity contribution < 1.29 is 33.6 Å². The molecule has 3 aliphatic rings. The maximum atomic E-state index is 12.8. The van der Waals surface area contributed by atoms with Crippen LogP contribution in [0.4, 0.5) is 11.5 Å². The Kier molecular flexibility index (Phi) is 27.7. The van der Waals surface area contributed by atoms with Crippen LogP contribution in [0.25, 0.3) is 22.4 Å². The number of rotatable bonds is 13. The summed E-state index contributed by atoms with van der Waals surface area (Å²) in [6.45, 7) is 24.5. The number of aromatic amines is 1. The molecule has 1 amide bonds. The third kappa shape index (κ3) is 19.4. The molecule has 80 heavy (non-hydrogen) atoms. The molecule has 3 fully saturated rings. The van der Waals surface area contributed by atoms with E-state index in [2.05, 4.69) is 108 Å². The molecule has 7 heterocycles. The van der Waals surface area contributed by atoms with Gasteiger partial charge in [-0.2, -0.15) is 4.98 Å². The second-order valence-corrected chi connectivity index (χ2v) is 20.6. The maximum absolute atomic E-state index is 12.8. The van der Waals surface area contributed by atoms with Crippen molar-refractivity contribution in [3.63, 3.8) is 0 Å². The number of nitrogen functional groups attached to an aromatic ring is 1. The highest BCUT2D eigenvalue weighted by molar-refractivity contribution is 9.10. The summed E-state index contributed by atoms with van der Waals surface area (Å²) in [4.78, 5) is 54.4. The fourth-order valence-corrected chi connectivity index (χ4v) is 9.53. The van der Waals surface area contributed by atoms with Gasteiger partial charge in [0.05, 0.1) is 53.4 Å². The van der Waals surface area contributed by atoms with Gasteiger partial charge in [0.15, 0.2) is 5.82 Å². The first-order chi connectivity index (χ1) is 37.9. The number of amides is 1. The summed E-state index contributed by atoms with van der Waals surface area (Å²) in [6, 6.07) is 25.7. The second kappa shape index (κ2) is 33.4. The second-order valence-electron chi connectivity index (χ2n) is 19.8. The Bertz CT molecular complexity index is 2900. The van der Waals surface area contributed by atoms with E-state index < -0.39 is 5.91 Å². The molecular weight excluding hydrogens is 1110 g/mol. The molecule has 22 heteroatoms. The molecule has 2 aromatic carbocycles. The standard InChI is InChI=1S/C23H28N4O3.C13H21N3O.C9H12N2O3.C7H16N2.C6H6BrNO.ClH/c1-14(2)27-9-7-16(8-10-27)17-5-4-6-18(24-17)22-25-19-11-15(13-28)12-20(30-3)21(19)23(29)26-22;1-11(2)15-7-9-16(10-8-15)12-5-4-6-13(14-12)17-3;1-13-5-3-6(10)8(9(11)12)7(4-5)14-2;1-7(2)9-5-3-8-4-6-9;1-9-6-4-2-3-5(7)8-6;/h4-6,11-12,14,16,28H,7-10,13H2,1-3H3,(H,25,26,29);4-6,11H,7-10H2,1-3H3;3-4H,10H2,1-2H3,(H2,11,12);7-8H,3-6H2,1-2H3;2-4H,1H3;1H. The van der Waals surface area contributed by atoms with Crippen molar-refractivity contribution in [1.82, 2.24) is 44.9 Å². The zero-order chi connectivity index (χ0) is 57.6. The van der Waals surface area contributed by atoms with Crippen LogP contribution in [0.15, 0.2) is 88.3 Å². The van der Waals surface area contributed by atoms with Crippen molar-refractivity contribution >= 4 is 56.7 Å². The lowest BCUT2D eigenvalue weighted by Crippen LogP contribution is -2.49. The van der Waals surface area contributed by atoms with Crippen LogP contribution >= 0.6 is 28.3 Å². The SMILES string of the molecule is CC(C)N1CCNCC1.COc1cc(CO)cc2nc(-c3cccc(C4CCN(C(C)C)CC4)n3)[nH]c(=O)c12.COc1cc(N)c(C(N)=O)c(OC)c1.COc1cccc(Br)n1.COc1cccc(N2CCN(C(C)C)CC2)n1.Cl. The van der Waals surface area contributed by atoms with Crippen molar-refractivity contribution in [2.75, 3.05) is 112 Å². The molecule has 3 saturated heterocycles. The van der Waals surface area contributed by atoms with E-state index in [1.54, 1.807) is 38.5 Å². The van der Waals surface area contributed by atoms with Gasteiger partial charge >= 0.3 is 0 Å². The number of aromatic nitrogens is 5. The van der Waals surface area contributed by atoms with E-state index in [0.29, 0.717) is 75.0 Å². The van der Waals surface area contributed by atoms with Gasteiger partial charge in [-0.3, -0.25) is 19.4 Å². The zero-order valence-electron chi connectivity index (χ0n) is 48.3. The lowest BCUT2D eigenvalue weighted by atomic mass is 9.92. The summed E-state index contributed by atoms with van der Waals surface area (Å²) in [5.74, 6) is 3.78. The Hall–Kier alpha value is -6.33. The number of halogens is 2. The number of nitrogens with two attached hydrogens (primary N) is 2. The number of ether oxygens (including phenoxy) is 5. The summed E-state index contributed by atoms with van der Waals surface area (Å²) < 4.78 is 26.1. The van der Waals surface area contributed by atoms with Crippen LogP contribution in [0.1, 0.15) is 81.9 Å². The maximum Gasteiger partial charge on any atom is 0.262 e. The Morgan fingerprint density at radius 1 is 0.688 bits per heavy atom. The number of aliphatic hydroxyl groups is 1. The van der Waals surface area contributed by atoms with Crippen molar-refractivity contribution in [2.45, 2.75) is 85.0 Å².